The Bertz CT molecular complexity index is 482. The van der Waals surface area contributed by atoms with Crippen LogP contribution in [0.4, 0.5) is 0 Å². The van der Waals surface area contributed by atoms with E-state index in [-0.39, 0.29) is 29.3 Å². The summed E-state index contributed by atoms with van der Waals surface area (Å²) in [5.41, 5.74) is 4.71. The van der Waals surface area contributed by atoms with E-state index in [0.717, 1.165) is 6.42 Å². The molecule has 19 heavy (non-hydrogen) atoms. The Labute approximate surface area is 112 Å². The maximum atomic E-state index is 12.2. The van der Waals surface area contributed by atoms with E-state index in [9.17, 15) is 13.2 Å². The van der Waals surface area contributed by atoms with Crippen molar-refractivity contribution in [1.29, 1.82) is 0 Å². The molecule has 4 N–H and O–H groups in total. The summed E-state index contributed by atoms with van der Waals surface area (Å²) in [4.78, 5) is 12.2. The van der Waals surface area contributed by atoms with E-state index in [1.807, 2.05) is 0 Å². The molecule has 2 rings (SSSR count). The molecule has 0 radical (unpaired) electrons. The van der Waals surface area contributed by atoms with Gasteiger partial charge in [0.1, 0.15) is 15.3 Å². The molecule has 1 amide bonds. The molecule has 7 nitrogen and oxygen atoms in total. The fourth-order valence-electron chi connectivity index (χ4n) is 2.58. The lowest BCUT2D eigenvalue weighted by molar-refractivity contribution is -0.131. The minimum atomic E-state index is -2.94. The Kier molecular flexibility index (Phi) is 3.71. The van der Waals surface area contributed by atoms with Gasteiger partial charge >= 0.3 is 0 Å². The minimum Gasteiger partial charge on any atom is -0.409 e. The number of nitrogens with one attached hydrogen (secondary N) is 1. The topological polar surface area (TPSA) is 122 Å². The molecule has 1 aliphatic carbocycles. The van der Waals surface area contributed by atoms with Gasteiger partial charge in [-0.1, -0.05) is 11.6 Å². The van der Waals surface area contributed by atoms with Crippen LogP contribution in [-0.4, -0.2) is 42.9 Å². The third-order valence-corrected chi connectivity index (χ3v) is 5.85. The van der Waals surface area contributed by atoms with Crippen molar-refractivity contribution < 1.29 is 18.4 Å². The number of carbonyl (C=O) groups is 1. The first-order valence-corrected chi connectivity index (χ1v) is 8.21. The average Bonchev–Trinajstić information content (AvgIpc) is 2.30. The molecule has 1 saturated heterocycles. The smallest absolute Gasteiger partial charge is 0.234 e. The Morgan fingerprint density at radius 1 is 1.32 bits per heavy atom. The van der Waals surface area contributed by atoms with Gasteiger partial charge in [-0.05, 0) is 25.7 Å². The molecule has 108 valence electrons. The van der Waals surface area contributed by atoms with Crippen molar-refractivity contribution in [2.45, 2.75) is 38.1 Å². The summed E-state index contributed by atoms with van der Waals surface area (Å²) in [7, 11) is -2.94. The molecule has 0 bridgehead atoms. The van der Waals surface area contributed by atoms with E-state index >= 15 is 0 Å². The highest BCUT2D eigenvalue weighted by molar-refractivity contribution is 7.91. The van der Waals surface area contributed by atoms with Gasteiger partial charge in [-0.25, -0.2) is 8.42 Å². The minimum absolute atomic E-state index is 0.0559. The molecule has 1 aliphatic heterocycles. The predicted octanol–water partition coefficient (Wildman–Crippen LogP) is -0.404. The Morgan fingerprint density at radius 2 is 1.89 bits per heavy atom. The predicted molar refractivity (Wildman–Crippen MR) is 69.5 cm³/mol. The van der Waals surface area contributed by atoms with Gasteiger partial charge in [0.25, 0.3) is 0 Å². The summed E-state index contributed by atoms with van der Waals surface area (Å²) in [6.45, 7) is 0. The van der Waals surface area contributed by atoms with Crippen LogP contribution >= 0.6 is 0 Å². The molecule has 1 saturated carbocycles. The number of carbonyl (C=O) groups excluding carboxylic acids is 1. The van der Waals surface area contributed by atoms with E-state index in [1.165, 1.54) is 0 Å². The zero-order valence-electron chi connectivity index (χ0n) is 10.6. The number of rotatable bonds is 3. The fraction of sp³-hybridized carbons (Fsp3) is 0.818. The molecule has 2 fully saturated rings. The summed E-state index contributed by atoms with van der Waals surface area (Å²) in [5, 5.41) is 14.6. The molecule has 0 unspecified atom stereocenters. The third kappa shape index (κ3) is 2.68. The van der Waals surface area contributed by atoms with Crippen LogP contribution in [0.3, 0.4) is 0 Å². The van der Waals surface area contributed by atoms with Gasteiger partial charge in [0.2, 0.25) is 5.91 Å². The van der Waals surface area contributed by atoms with Gasteiger partial charge in [-0.2, -0.15) is 0 Å². The largest absolute Gasteiger partial charge is 0.409 e. The maximum Gasteiger partial charge on any atom is 0.234 e. The van der Waals surface area contributed by atoms with Crippen molar-refractivity contribution in [1.82, 2.24) is 5.32 Å². The number of sulfone groups is 1. The van der Waals surface area contributed by atoms with Crippen LogP contribution in [0.5, 0.6) is 0 Å². The van der Waals surface area contributed by atoms with Crippen molar-refractivity contribution in [3.63, 3.8) is 0 Å². The highest BCUT2D eigenvalue weighted by Crippen LogP contribution is 2.41. The van der Waals surface area contributed by atoms with Crippen molar-refractivity contribution in [3.8, 4) is 0 Å². The second-order valence-electron chi connectivity index (χ2n) is 5.32. The first-order chi connectivity index (χ1) is 8.89. The number of hydrogen-bond donors (Lipinski definition) is 3. The summed E-state index contributed by atoms with van der Waals surface area (Å²) in [6, 6.07) is -0.139. The monoisotopic (exact) mass is 289 g/mol. The first kappa shape index (κ1) is 14.1. The van der Waals surface area contributed by atoms with E-state index in [0.29, 0.717) is 25.7 Å². The number of amidine groups is 1. The lowest BCUT2D eigenvalue weighted by atomic mass is 9.67. The van der Waals surface area contributed by atoms with Crippen LogP contribution in [0, 0.1) is 5.41 Å². The lowest BCUT2D eigenvalue weighted by Gasteiger charge is -2.40. The lowest BCUT2D eigenvalue weighted by Crippen LogP contribution is -2.56. The third-order valence-electron chi connectivity index (χ3n) is 4.13. The molecular formula is C11H19N3O4S. The van der Waals surface area contributed by atoms with Crippen LogP contribution in [0.25, 0.3) is 0 Å². The standard InChI is InChI=1S/C11H19N3O4S/c12-9(14-16)11(4-1-5-11)10(15)13-8-2-6-19(17,18)7-3-8/h8,16H,1-7H2,(H2,12,14)(H,13,15). The van der Waals surface area contributed by atoms with E-state index in [2.05, 4.69) is 10.5 Å². The number of hydrogen-bond acceptors (Lipinski definition) is 5. The summed E-state index contributed by atoms with van der Waals surface area (Å²) >= 11 is 0. The highest BCUT2D eigenvalue weighted by Gasteiger charge is 2.49. The second-order valence-corrected chi connectivity index (χ2v) is 7.62. The van der Waals surface area contributed by atoms with E-state index < -0.39 is 15.3 Å². The molecule has 0 atom stereocenters. The van der Waals surface area contributed by atoms with Crippen LogP contribution in [0.1, 0.15) is 32.1 Å². The second kappa shape index (κ2) is 4.99. The molecule has 0 aromatic heterocycles. The highest BCUT2D eigenvalue weighted by atomic mass is 32.2. The number of nitrogens with zero attached hydrogens (tertiary/aromatic N) is 1. The first-order valence-electron chi connectivity index (χ1n) is 6.39. The summed E-state index contributed by atoms with van der Waals surface area (Å²) in [5.74, 6) is -0.0960. The molecule has 8 heteroatoms. The van der Waals surface area contributed by atoms with E-state index in [4.69, 9.17) is 10.9 Å². The molecule has 1 heterocycles. The average molecular weight is 289 g/mol. The van der Waals surface area contributed by atoms with Gasteiger partial charge in [0, 0.05) is 6.04 Å². The molecule has 0 aromatic rings. The summed E-state index contributed by atoms with van der Waals surface area (Å²) in [6.07, 6.45) is 2.86. The summed E-state index contributed by atoms with van der Waals surface area (Å²) < 4.78 is 22.6. The van der Waals surface area contributed by atoms with Gasteiger partial charge in [-0.3, -0.25) is 4.79 Å². The Morgan fingerprint density at radius 3 is 2.32 bits per heavy atom. The molecular weight excluding hydrogens is 270 g/mol. The van der Waals surface area contributed by atoms with Crippen LogP contribution < -0.4 is 11.1 Å². The van der Waals surface area contributed by atoms with Crippen LogP contribution in [0.15, 0.2) is 5.16 Å². The fourth-order valence-corrected chi connectivity index (χ4v) is 4.07. The van der Waals surface area contributed by atoms with Crippen molar-refractivity contribution in [2.75, 3.05) is 11.5 Å². The van der Waals surface area contributed by atoms with Crippen molar-refractivity contribution in [2.24, 2.45) is 16.3 Å². The van der Waals surface area contributed by atoms with Crippen LogP contribution in [0.2, 0.25) is 0 Å². The maximum absolute atomic E-state index is 12.2. The van der Waals surface area contributed by atoms with E-state index in [1.54, 1.807) is 0 Å². The van der Waals surface area contributed by atoms with Gasteiger partial charge in [-0.15, -0.1) is 0 Å². The van der Waals surface area contributed by atoms with Crippen molar-refractivity contribution in [3.05, 3.63) is 0 Å². The van der Waals surface area contributed by atoms with Gasteiger partial charge in [0.15, 0.2) is 5.84 Å². The zero-order valence-corrected chi connectivity index (χ0v) is 11.4. The molecule has 2 aliphatic rings. The zero-order chi connectivity index (χ0) is 14.1. The number of amides is 1. The number of oxime groups is 1. The normalized spacial score (nSPS) is 26.4. The number of nitrogens with two attached hydrogens (primary N) is 1. The SMILES string of the molecule is NC(=NO)C1(C(=O)NC2CCS(=O)(=O)CC2)CCC1. The van der Waals surface area contributed by atoms with Crippen molar-refractivity contribution >= 4 is 21.6 Å². The molecule has 0 aromatic carbocycles. The van der Waals surface area contributed by atoms with Gasteiger partial charge < -0.3 is 16.3 Å². The Balaban J connectivity index is 1.98. The Hall–Kier alpha value is -1.31. The van der Waals surface area contributed by atoms with Gasteiger partial charge in [0.05, 0.1) is 11.5 Å². The van der Waals surface area contributed by atoms with Crippen LogP contribution in [-0.2, 0) is 14.6 Å². The molecule has 0 spiro atoms. The quantitative estimate of drug-likeness (QED) is 0.282.